The maximum Gasteiger partial charge on any atom is 0.203 e. The van der Waals surface area contributed by atoms with E-state index in [9.17, 15) is 0 Å². The number of nitrogens with one attached hydrogen (secondary N) is 1. The van der Waals surface area contributed by atoms with Crippen molar-refractivity contribution in [3.8, 4) is 0 Å². The molecule has 0 aliphatic heterocycles. The van der Waals surface area contributed by atoms with Crippen molar-refractivity contribution in [3.05, 3.63) is 41.7 Å². The van der Waals surface area contributed by atoms with Crippen LogP contribution in [0.15, 0.2) is 30.3 Å². The Bertz CT molecular complexity index is 527. The van der Waals surface area contributed by atoms with E-state index in [0.29, 0.717) is 5.92 Å². The zero-order valence-electron chi connectivity index (χ0n) is 12.6. The number of anilines is 1. The van der Waals surface area contributed by atoms with E-state index in [1.54, 1.807) is 0 Å². The molecule has 2 rings (SSSR count). The molecule has 2 N–H and O–H groups in total. The summed E-state index contributed by atoms with van der Waals surface area (Å²) in [6, 6.07) is 10.5. The molecule has 1 atom stereocenters. The Morgan fingerprint density at radius 1 is 1.24 bits per heavy atom. The quantitative estimate of drug-likeness (QED) is 0.781. The summed E-state index contributed by atoms with van der Waals surface area (Å²) in [5.74, 6) is 1.47. The summed E-state index contributed by atoms with van der Waals surface area (Å²) in [5.41, 5.74) is 1.21. The highest BCUT2D eigenvalue weighted by molar-refractivity contribution is 7.09. The van der Waals surface area contributed by atoms with Gasteiger partial charge in [0.25, 0.3) is 0 Å². The Hall–Kier alpha value is -1.46. The molecule has 0 saturated heterocycles. The number of aromatic nitrogens is 2. The topological polar surface area (TPSA) is 58.0 Å². The highest BCUT2D eigenvalue weighted by Crippen LogP contribution is 2.25. The van der Waals surface area contributed by atoms with Gasteiger partial charge in [0.1, 0.15) is 5.82 Å². The Labute approximate surface area is 130 Å². The van der Waals surface area contributed by atoms with Crippen molar-refractivity contribution in [2.75, 3.05) is 11.9 Å². The lowest BCUT2D eigenvalue weighted by Gasteiger charge is -2.18. The molecule has 1 heterocycles. The molecule has 4 nitrogen and oxygen atoms in total. The Morgan fingerprint density at radius 3 is 2.67 bits per heavy atom. The first-order valence-corrected chi connectivity index (χ1v) is 8.21. The van der Waals surface area contributed by atoms with Gasteiger partial charge >= 0.3 is 0 Å². The molecule has 0 spiro atoms. The first-order valence-electron chi connectivity index (χ1n) is 7.44. The highest BCUT2D eigenvalue weighted by atomic mass is 32.1. The summed E-state index contributed by atoms with van der Waals surface area (Å²) in [4.78, 5) is 4.56. The van der Waals surface area contributed by atoms with Crippen LogP contribution in [0.3, 0.4) is 0 Å². The van der Waals surface area contributed by atoms with Crippen molar-refractivity contribution in [1.29, 1.82) is 0 Å². The second-order valence-corrected chi connectivity index (χ2v) is 6.34. The lowest BCUT2D eigenvalue weighted by atomic mass is 10.0. The normalized spacial score (nSPS) is 12.6. The largest absolute Gasteiger partial charge is 0.396 e. The number of hydrogen-bond acceptors (Lipinski definition) is 5. The van der Waals surface area contributed by atoms with Gasteiger partial charge in [0.15, 0.2) is 0 Å². The van der Waals surface area contributed by atoms with Gasteiger partial charge in [0.05, 0.1) is 6.04 Å². The van der Waals surface area contributed by atoms with Gasteiger partial charge in [-0.2, -0.15) is 4.37 Å². The average molecular weight is 305 g/mol. The summed E-state index contributed by atoms with van der Waals surface area (Å²) in [5, 5.41) is 13.4. The molecule has 0 amide bonds. The molecule has 0 fully saturated rings. The third-order valence-corrected chi connectivity index (χ3v) is 3.89. The fourth-order valence-corrected chi connectivity index (χ4v) is 2.86. The SMILES string of the molecule is CC(C)Cc1nsc(NC(CCCO)c2ccccc2)n1. The number of rotatable bonds is 8. The van der Waals surface area contributed by atoms with Gasteiger partial charge in [0.2, 0.25) is 5.13 Å². The van der Waals surface area contributed by atoms with Crippen molar-refractivity contribution >= 4 is 16.7 Å². The first kappa shape index (κ1) is 15.9. The van der Waals surface area contributed by atoms with Crippen molar-refractivity contribution in [1.82, 2.24) is 9.36 Å². The van der Waals surface area contributed by atoms with Gasteiger partial charge in [-0.05, 0) is 24.3 Å². The molecule has 0 saturated carbocycles. The minimum absolute atomic E-state index is 0.165. The van der Waals surface area contributed by atoms with Crippen LogP contribution in [-0.2, 0) is 6.42 Å². The molecule has 0 bridgehead atoms. The summed E-state index contributed by atoms with van der Waals surface area (Å²) in [6.45, 7) is 4.55. The van der Waals surface area contributed by atoms with E-state index < -0.39 is 0 Å². The molecule has 2 aromatic rings. The number of aliphatic hydroxyl groups excluding tert-OH is 1. The van der Waals surface area contributed by atoms with Crippen molar-refractivity contribution in [2.45, 2.75) is 39.2 Å². The predicted octanol–water partition coefficient (Wildman–Crippen LogP) is 3.66. The molecule has 5 heteroatoms. The summed E-state index contributed by atoms with van der Waals surface area (Å²) in [7, 11) is 0. The van der Waals surface area contributed by atoms with E-state index >= 15 is 0 Å². The van der Waals surface area contributed by atoms with Gasteiger partial charge in [-0.15, -0.1) is 0 Å². The van der Waals surface area contributed by atoms with Crippen LogP contribution in [0.1, 0.15) is 44.1 Å². The van der Waals surface area contributed by atoms with Crippen LogP contribution in [0.2, 0.25) is 0 Å². The van der Waals surface area contributed by atoms with Crippen LogP contribution in [0.25, 0.3) is 0 Å². The van der Waals surface area contributed by atoms with Crippen LogP contribution in [0.4, 0.5) is 5.13 Å². The van der Waals surface area contributed by atoms with Crippen LogP contribution < -0.4 is 5.32 Å². The molecular weight excluding hydrogens is 282 g/mol. The van der Waals surface area contributed by atoms with E-state index in [1.165, 1.54) is 17.1 Å². The second kappa shape index (κ2) is 8.10. The summed E-state index contributed by atoms with van der Waals surface area (Å²) >= 11 is 1.41. The Morgan fingerprint density at radius 2 is 2.00 bits per heavy atom. The molecular formula is C16H23N3OS. The minimum Gasteiger partial charge on any atom is -0.396 e. The lowest BCUT2D eigenvalue weighted by Crippen LogP contribution is -2.11. The zero-order chi connectivity index (χ0) is 15.1. The predicted molar refractivity (Wildman–Crippen MR) is 87.6 cm³/mol. The van der Waals surface area contributed by atoms with Crippen molar-refractivity contribution in [2.24, 2.45) is 5.92 Å². The number of aliphatic hydroxyl groups is 1. The molecule has 0 radical (unpaired) electrons. The monoisotopic (exact) mass is 305 g/mol. The lowest BCUT2D eigenvalue weighted by molar-refractivity contribution is 0.281. The minimum atomic E-state index is 0.165. The van der Waals surface area contributed by atoms with Crippen LogP contribution in [-0.4, -0.2) is 21.1 Å². The fourth-order valence-electron chi connectivity index (χ4n) is 2.21. The fraction of sp³-hybridized carbons (Fsp3) is 0.500. The third kappa shape index (κ3) is 5.10. The van der Waals surface area contributed by atoms with E-state index in [-0.39, 0.29) is 12.6 Å². The molecule has 0 aliphatic rings. The van der Waals surface area contributed by atoms with E-state index in [1.807, 2.05) is 18.2 Å². The van der Waals surface area contributed by atoms with E-state index in [2.05, 4.69) is 40.7 Å². The molecule has 1 aromatic heterocycles. The smallest absolute Gasteiger partial charge is 0.203 e. The first-order chi connectivity index (χ1) is 10.2. The second-order valence-electron chi connectivity index (χ2n) is 5.59. The van der Waals surface area contributed by atoms with Crippen molar-refractivity contribution in [3.63, 3.8) is 0 Å². The highest BCUT2D eigenvalue weighted by Gasteiger charge is 2.14. The van der Waals surface area contributed by atoms with Crippen LogP contribution >= 0.6 is 11.5 Å². The standard InChI is InChI=1S/C16H23N3OS/c1-12(2)11-15-18-16(21-19-15)17-14(9-6-10-20)13-7-4-3-5-8-13/h3-5,7-8,12,14,20H,6,9-11H2,1-2H3,(H,17,18,19). The van der Waals surface area contributed by atoms with E-state index in [0.717, 1.165) is 30.2 Å². The molecule has 1 aromatic carbocycles. The summed E-state index contributed by atoms with van der Waals surface area (Å²) in [6.07, 6.45) is 2.55. The van der Waals surface area contributed by atoms with Gasteiger partial charge < -0.3 is 10.4 Å². The van der Waals surface area contributed by atoms with Crippen LogP contribution in [0, 0.1) is 5.92 Å². The average Bonchev–Trinajstić information content (AvgIpc) is 2.90. The summed E-state index contributed by atoms with van der Waals surface area (Å²) < 4.78 is 4.40. The number of nitrogens with zero attached hydrogens (tertiary/aromatic N) is 2. The maximum absolute atomic E-state index is 9.08. The van der Waals surface area contributed by atoms with Gasteiger partial charge in [-0.25, -0.2) is 4.98 Å². The van der Waals surface area contributed by atoms with Gasteiger partial charge in [0, 0.05) is 24.6 Å². The van der Waals surface area contributed by atoms with Gasteiger partial charge in [-0.1, -0.05) is 44.2 Å². The molecule has 21 heavy (non-hydrogen) atoms. The Balaban J connectivity index is 2.06. The number of hydrogen-bond donors (Lipinski definition) is 2. The Kier molecular flexibility index (Phi) is 6.14. The van der Waals surface area contributed by atoms with Gasteiger partial charge in [-0.3, -0.25) is 0 Å². The molecule has 1 unspecified atom stereocenters. The van der Waals surface area contributed by atoms with E-state index in [4.69, 9.17) is 5.11 Å². The van der Waals surface area contributed by atoms with Crippen LogP contribution in [0.5, 0.6) is 0 Å². The number of benzene rings is 1. The van der Waals surface area contributed by atoms with Crippen molar-refractivity contribution < 1.29 is 5.11 Å². The third-order valence-electron chi connectivity index (χ3n) is 3.21. The zero-order valence-corrected chi connectivity index (χ0v) is 13.4. The molecule has 114 valence electrons. The molecule has 0 aliphatic carbocycles. The maximum atomic E-state index is 9.08.